The van der Waals surface area contributed by atoms with Crippen LogP contribution in [0.2, 0.25) is 0 Å². The summed E-state index contributed by atoms with van der Waals surface area (Å²) in [5.74, 6) is -2.15. The second kappa shape index (κ2) is 8.59. The van der Waals surface area contributed by atoms with Gasteiger partial charge in [0.1, 0.15) is 0 Å². The summed E-state index contributed by atoms with van der Waals surface area (Å²) in [4.78, 5) is 4.67. The van der Waals surface area contributed by atoms with Gasteiger partial charge in [-0.25, -0.2) is 8.78 Å². The highest BCUT2D eigenvalue weighted by atomic mass is 19.3. The van der Waals surface area contributed by atoms with E-state index >= 15 is 0 Å². The zero-order chi connectivity index (χ0) is 16.8. The van der Waals surface area contributed by atoms with Crippen molar-refractivity contribution in [2.45, 2.75) is 85.5 Å². The predicted octanol–water partition coefficient (Wildman–Crippen LogP) is 6.70. The molecule has 0 aliphatic heterocycles. The largest absolute Gasteiger partial charge is 0.264 e. The summed E-state index contributed by atoms with van der Waals surface area (Å²) < 4.78 is 26.2. The third-order valence-corrected chi connectivity index (χ3v) is 4.53. The third kappa shape index (κ3) is 6.41. The van der Waals surface area contributed by atoms with Crippen LogP contribution >= 0.6 is 0 Å². The summed E-state index contributed by atoms with van der Waals surface area (Å²) in [6.07, 6.45) is 9.42. The average Bonchev–Trinajstić information content (AvgIpc) is 2.41. The molecule has 0 amide bonds. The van der Waals surface area contributed by atoms with Gasteiger partial charge in [0.2, 0.25) is 0 Å². The summed E-state index contributed by atoms with van der Waals surface area (Å²) in [7, 11) is 0. The fourth-order valence-corrected chi connectivity index (χ4v) is 3.09. The van der Waals surface area contributed by atoms with Crippen LogP contribution in [0.1, 0.15) is 79.6 Å². The van der Waals surface area contributed by atoms with E-state index < -0.39 is 5.92 Å². The van der Waals surface area contributed by atoms with Crippen molar-refractivity contribution in [2.75, 3.05) is 0 Å². The van der Waals surface area contributed by atoms with E-state index in [9.17, 15) is 8.78 Å². The lowest BCUT2D eigenvalue weighted by Crippen LogP contribution is -2.12. The summed E-state index contributed by atoms with van der Waals surface area (Å²) in [6.45, 7) is 8.86. The average molecular weight is 311 g/mol. The third-order valence-electron chi connectivity index (χ3n) is 4.53. The number of alkyl halides is 2. The molecule has 0 aromatic rings. The molecule has 0 saturated heterocycles. The fourth-order valence-electron chi connectivity index (χ4n) is 3.09. The van der Waals surface area contributed by atoms with Crippen LogP contribution in [0.15, 0.2) is 27.9 Å². The SMILES string of the molecule is CCCCCC1CCCC(N=C(C)/C(C)=C/C(C)(F)F)=C1C. The Labute approximate surface area is 134 Å². The summed E-state index contributed by atoms with van der Waals surface area (Å²) in [6, 6.07) is 0. The molecule has 1 aliphatic carbocycles. The van der Waals surface area contributed by atoms with Crippen LogP contribution in [-0.2, 0) is 0 Å². The maximum atomic E-state index is 13.1. The van der Waals surface area contributed by atoms with Gasteiger partial charge in [-0.15, -0.1) is 0 Å². The van der Waals surface area contributed by atoms with Gasteiger partial charge in [0, 0.05) is 18.3 Å². The molecule has 1 unspecified atom stereocenters. The van der Waals surface area contributed by atoms with Crippen molar-refractivity contribution < 1.29 is 8.78 Å². The van der Waals surface area contributed by atoms with Crippen LogP contribution in [0.5, 0.6) is 0 Å². The number of allylic oxidation sites excluding steroid dienone is 4. The van der Waals surface area contributed by atoms with Crippen LogP contribution in [0.25, 0.3) is 0 Å². The first kappa shape index (κ1) is 19.1. The number of hydrogen-bond donors (Lipinski definition) is 0. The lowest BCUT2D eigenvalue weighted by molar-refractivity contribution is 0.0769. The molecule has 0 saturated carbocycles. The van der Waals surface area contributed by atoms with Gasteiger partial charge in [0.25, 0.3) is 5.92 Å². The molecular formula is C19H31F2N. The van der Waals surface area contributed by atoms with Gasteiger partial charge in [0.05, 0.1) is 0 Å². The van der Waals surface area contributed by atoms with Crippen molar-refractivity contribution in [3.05, 3.63) is 22.9 Å². The van der Waals surface area contributed by atoms with Crippen LogP contribution < -0.4 is 0 Å². The van der Waals surface area contributed by atoms with Crippen molar-refractivity contribution in [3.63, 3.8) is 0 Å². The molecule has 1 nitrogen and oxygen atoms in total. The van der Waals surface area contributed by atoms with Gasteiger partial charge in [0.15, 0.2) is 0 Å². The van der Waals surface area contributed by atoms with Crippen molar-refractivity contribution in [1.29, 1.82) is 0 Å². The zero-order valence-electron chi connectivity index (χ0n) is 14.8. The van der Waals surface area contributed by atoms with Gasteiger partial charge in [-0.3, -0.25) is 4.99 Å². The first-order chi connectivity index (χ1) is 10.2. The number of unbranched alkanes of at least 4 members (excludes halogenated alkanes) is 2. The van der Waals surface area contributed by atoms with Crippen molar-refractivity contribution >= 4 is 5.71 Å². The van der Waals surface area contributed by atoms with Gasteiger partial charge in [-0.1, -0.05) is 26.2 Å². The van der Waals surface area contributed by atoms with Crippen molar-refractivity contribution in [3.8, 4) is 0 Å². The zero-order valence-corrected chi connectivity index (χ0v) is 14.8. The molecular weight excluding hydrogens is 280 g/mol. The quantitative estimate of drug-likeness (QED) is 0.366. The highest BCUT2D eigenvalue weighted by Crippen LogP contribution is 2.34. The van der Waals surface area contributed by atoms with E-state index in [2.05, 4.69) is 18.8 Å². The Morgan fingerprint density at radius 1 is 1.32 bits per heavy atom. The maximum absolute atomic E-state index is 13.1. The number of aliphatic imine (C=N–C) groups is 1. The Kier molecular flexibility index (Phi) is 7.44. The van der Waals surface area contributed by atoms with Crippen LogP contribution in [-0.4, -0.2) is 11.6 Å². The van der Waals surface area contributed by atoms with E-state index in [4.69, 9.17) is 0 Å². The highest BCUT2D eigenvalue weighted by molar-refractivity contribution is 5.98. The second-order valence-corrected chi connectivity index (χ2v) is 6.70. The van der Waals surface area contributed by atoms with E-state index in [0.717, 1.165) is 31.5 Å². The van der Waals surface area contributed by atoms with Gasteiger partial charge < -0.3 is 0 Å². The minimum atomic E-state index is -2.78. The van der Waals surface area contributed by atoms with Crippen LogP contribution in [0.3, 0.4) is 0 Å². The first-order valence-electron chi connectivity index (χ1n) is 8.57. The van der Waals surface area contributed by atoms with E-state index in [0.29, 0.717) is 17.2 Å². The standard InChI is InChI=1S/C19H31F2N/c1-6-7-8-10-17-11-9-12-18(15(17)3)22-16(4)14(2)13-19(5,20)21/h13,17H,6-12H2,1-5H3/b14-13+,22-16?. The van der Waals surface area contributed by atoms with Crippen molar-refractivity contribution in [2.24, 2.45) is 10.9 Å². The van der Waals surface area contributed by atoms with Crippen LogP contribution in [0.4, 0.5) is 8.78 Å². The number of nitrogens with zero attached hydrogens (tertiary/aromatic N) is 1. The molecule has 1 aliphatic rings. The monoisotopic (exact) mass is 311 g/mol. The molecule has 0 radical (unpaired) electrons. The molecule has 126 valence electrons. The van der Waals surface area contributed by atoms with Crippen molar-refractivity contribution in [1.82, 2.24) is 0 Å². The number of hydrogen-bond acceptors (Lipinski definition) is 1. The van der Waals surface area contributed by atoms with Gasteiger partial charge in [-0.05, 0) is 69.6 Å². The maximum Gasteiger partial charge on any atom is 0.264 e. The van der Waals surface area contributed by atoms with Gasteiger partial charge in [-0.2, -0.15) is 0 Å². The summed E-state index contributed by atoms with van der Waals surface area (Å²) >= 11 is 0. The fraction of sp³-hybridized carbons (Fsp3) is 0.737. The van der Waals surface area contributed by atoms with Gasteiger partial charge >= 0.3 is 0 Å². The Morgan fingerprint density at radius 3 is 2.59 bits per heavy atom. The number of halogens is 2. The van der Waals surface area contributed by atoms with E-state index in [1.165, 1.54) is 37.7 Å². The summed E-state index contributed by atoms with van der Waals surface area (Å²) in [5.41, 5.74) is 3.78. The molecule has 0 fully saturated rings. The topological polar surface area (TPSA) is 12.4 Å². The Balaban J connectivity index is 2.86. The predicted molar refractivity (Wildman–Crippen MR) is 91.7 cm³/mol. The molecule has 0 bridgehead atoms. The molecule has 3 heteroatoms. The minimum Gasteiger partial charge on any atom is -0.258 e. The lowest BCUT2D eigenvalue weighted by atomic mass is 9.83. The lowest BCUT2D eigenvalue weighted by Gasteiger charge is -2.25. The molecule has 22 heavy (non-hydrogen) atoms. The smallest absolute Gasteiger partial charge is 0.258 e. The highest BCUT2D eigenvalue weighted by Gasteiger charge is 2.21. The molecule has 0 N–H and O–H groups in total. The molecule has 0 spiro atoms. The van der Waals surface area contributed by atoms with E-state index in [1.807, 2.05) is 6.92 Å². The van der Waals surface area contributed by atoms with E-state index in [1.54, 1.807) is 6.92 Å². The number of rotatable bonds is 7. The Morgan fingerprint density at radius 2 is 2.00 bits per heavy atom. The molecule has 0 aromatic carbocycles. The molecule has 1 atom stereocenters. The second-order valence-electron chi connectivity index (χ2n) is 6.70. The van der Waals surface area contributed by atoms with Crippen LogP contribution in [0, 0.1) is 5.92 Å². The summed E-state index contributed by atoms with van der Waals surface area (Å²) in [5, 5.41) is 0. The normalized spacial score (nSPS) is 21.5. The Bertz CT molecular complexity index is 453. The molecule has 1 rings (SSSR count). The minimum absolute atomic E-state index is 0.570. The van der Waals surface area contributed by atoms with E-state index in [-0.39, 0.29) is 0 Å². The molecule has 0 aromatic heterocycles. The first-order valence-corrected chi connectivity index (χ1v) is 8.57. The Hall–Kier alpha value is -0.990. The molecule has 0 heterocycles.